The van der Waals surface area contributed by atoms with Crippen LogP contribution in [0.3, 0.4) is 0 Å². The number of benzene rings is 1. The summed E-state index contributed by atoms with van der Waals surface area (Å²) in [5.41, 5.74) is 2.65. The lowest BCUT2D eigenvalue weighted by Gasteiger charge is -2.19. The maximum Gasteiger partial charge on any atom is 0.335 e. The van der Waals surface area contributed by atoms with Gasteiger partial charge in [0.05, 0.1) is 50.5 Å². The summed E-state index contributed by atoms with van der Waals surface area (Å²) >= 11 is 1.04. The van der Waals surface area contributed by atoms with Crippen molar-refractivity contribution in [2.24, 2.45) is 0 Å². The number of hydrogen-bond donors (Lipinski definition) is 0. The van der Waals surface area contributed by atoms with E-state index in [9.17, 15) is 9.13 Å². The van der Waals surface area contributed by atoms with E-state index in [0.29, 0.717) is 37.5 Å². The molecule has 0 fully saturated rings. The minimum absolute atomic E-state index is 0.103. The molecule has 0 unspecified atom stereocenters. The smallest absolute Gasteiger partial charge is 0.309 e. The van der Waals surface area contributed by atoms with Crippen LogP contribution in [0.1, 0.15) is 38.8 Å². The Hall–Kier alpha value is -0.660. The Morgan fingerprint density at radius 2 is 1.07 bits per heavy atom. The first-order valence-electron chi connectivity index (χ1n) is 8.89. The van der Waals surface area contributed by atoms with E-state index in [1.54, 1.807) is 39.8 Å². The molecule has 0 amide bonds. The van der Waals surface area contributed by atoms with Crippen molar-refractivity contribution < 1.29 is 27.2 Å². The highest BCUT2D eigenvalue weighted by molar-refractivity contribution is 7.53. The third-order valence-electron chi connectivity index (χ3n) is 3.61. The van der Waals surface area contributed by atoms with E-state index < -0.39 is 15.2 Å². The van der Waals surface area contributed by atoms with E-state index in [1.165, 1.54) is 0 Å². The fraction of sp³-hybridized carbons (Fsp3) is 0.625. The van der Waals surface area contributed by atoms with E-state index in [1.807, 2.05) is 0 Å². The zero-order chi connectivity index (χ0) is 19.9. The molecule has 152 valence electrons. The molecule has 0 radical (unpaired) electrons. The van der Waals surface area contributed by atoms with Gasteiger partial charge in [-0.3, -0.25) is 9.13 Å². The fourth-order valence-electron chi connectivity index (χ4n) is 2.69. The number of fused-ring (bicyclic) bond motifs is 1. The van der Waals surface area contributed by atoms with Crippen LogP contribution >= 0.6 is 26.9 Å². The number of aromatic nitrogens is 2. The highest BCUT2D eigenvalue weighted by Crippen LogP contribution is 2.54. The van der Waals surface area contributed by atoms with Crippen LogP contribution in [-0.4, -0.2) is 35.2 Å². The third-order valence-corrected chi connectivity index (χ3v) is 8.20. The monoisotopic (exact) mass is 436 g/mol. The Morgan fingerprint density at radius 3 is 1.37 bits per heavy atom. The molecule has 2 aromatic rings. The Labute approximate surface area is 164 Å². The lowest BCUT2D eigenvalue weighted by atomic mass is 10.1. The minimum atomic E-state index is -3.27. The van der Waals surface area contributed by atoms with Crippen LogP contribution in [-0.2, 0) is 39.5 Å². The zero-order valence-corrected chi connectivity index (χ0v) is 18.6. The summed E-state index contributed by atoms with van der Waals surface area (Å²) in [6.07, 6.45) is 0.205. The normalized spacial score (nSPS) is 12.7. The number of hydrogen-bond acceptors (Lipinski definition) is 9. The van der Waals surface area contributed by atoms with Crippen molar-refractivity contribution in [2.45, 2.75) is 40.0 Å². The maximum absolute atomic E-state index is 12.9. The van der Waals surface area contributed by atoms with Crippen LogP contribution in [0, 0.1) is 0 Å². The number of nitrogens with zero attached hydrogens (tertiary/aromatic N) is 2. The molecule has 0 saturated heterocycles. The Balaban J connectivity index is 2.37. The van der Waals surface area contributed by atoms with E-state index in [2.05, 4.69) is 8.75 Å². The average Bonchev–Trinajstić information content (AvgIpc) is 3.08. The molecule has 2 rings (SSSR count). The molecule has 27 heavy (non-hydrogen) atoms. The van der Waals surface area contributed by atoms with Crippen LogP contribution in [0.5, 0.6) is 0 Å². The summed E-state index contributed by atoms with van der Waals surface area (Å²) in [6.45, 7) is 8.25. The van der Waals surface area contributed by atoms with E-state index in [-0.39, 0.29) is 12.3 Å². The highest BCUT2D eigenvalue weighted by atomic mass is 32.1. The topological polar surface area (TPSA) is 96.8 Å². The first-order chi connectivity index (χ1) is 12.9. The van der Waals surface area contributed by atoms with Crippen LogP contribution in [0.2, 0.25) is 0 Å². The van der Waals surface area contributed by atoms with Gasteiger partial charge in [0.25, 0.3) is 0 Å². The lowest BCUT2D eigenvalue weighted by Crippen LogP contribution is -2.02. The lowest BCUT2D eigenvalue weighted by molar-refractivity contribution is 0.218. The maximum atomic E-state index is 12.9. The van der Waals surface area contributed by atoms with Gasteiger partial charge < -0.3 is 18.1 Å². The van der Waals surface area contributed by atoms with Gasteiger partial charge in [-0.25, -0.2) is 0 Å². The van der Waals surface area contributed by atoms with Crippen LogP contribution < -0.4 is 0 Å². The van der Waals surface area contributed by atoms with Crippen LogP contribution in [0.25, 0.3) is 11.0 Å². The second-order valence-corrected chi connectivity index (χ2v) is 10.2. The SMILES string of the molecule is CCOP(=O)(Cc1ccc(CP(=O)(OCC)OCC)c2nsnc12)OCC. The molecule has 8 nitrogen and oxygen atoms in total. The van der Waals surface area contributed by atoms with Crippen molar-refractivity contribution in [3.05, 3.63) is 23.3 Å². The summed E-state index contributed by atoms with van der Waals surface area (Å²) in [5.74, 6) is 0. The molecule has 0 aliphatic rings. The second kappa shape index (κ2) is 10.2. The van der Waals surface area contributed by atoms with Gasteiger partial charge >= 0.3 is 15.2 Å². The molecule has 0 aliphatic carbocycles. The molecule has 1 heterocycles. The highest BCUT2D eigenvalue weighted by Gasteiger charge is 2.29. The van der Waals surface area contributed by atoms with Crippen LogP contribution in [0.15, 0.2) is 12.1 Å². The largest absolute Gasteiger partial charge is 0.335 e. The van der Waals surface area contributed by atoms with Gasteiger partial charge in [-0.15, -0.1) is 0 Å². The van der Waals surface area contributed by atoms with E-state index in [0.717, 1.165) is 22.9 Å². The summed E-state index contributed by atoms with van der Waals surface area (Å²) in [7, 11) is -6.53. The van der Waals surface area contributed by atoms with Crippen molar-refractivity contribution in [3.63, 3.8) is 0 Å². The Kier molecular flexibility index (Phi) is 8.56. The summed E-state index contributed by atoms with van der Waals surface area (Å²) < 4.78 is 55.9. The van der Waals surface area contributed by atoms with Crippen LogP contribution in [0.4, 0.5) is 0 Å². The zero-order valence-electron chi connectivity index (χ0n) is 16.0. The van der Waals surface area contributed by atoms with Gasteiger partial charge in [0.2, 0.25) is 0 Å². The van der Waals surface area contributed by atoms with Crippen molar-refractivity contribution in [1.29, 1.82) is 0 Å². The average molecular weight is 436 g/mol. The second-order valence-electron chi connectivity index (χ2n) is 5.55. The van der Waals surface area contributed by atoms with Crippen molar-refractivity contribution in [3.8, 4) is 0 Å². The minimum Gasteiger partial charge on any atom is -0.309 e. The van der Waals surface area contributed by atoms with Gasteiger partial charge in [0.15, 0.2) is 0 Å². The Morgan fingerprint density at radius 1 is 0.741 bits per heavy atom. The number of rotatable bonds is 12. The molecule has 0 N–H and O–H groups in total. The summed E-state index contributed by atoms with van der Waals surface area (Å²) in [6, 6.07) is 3.60. The van der Waals surface area contributed by atoms with E-state index in [4.69, 9.17) is 18.1 Å². The molecule has 0 atom stereocenters. The predicted molar refractivity (Wildman–Crippen MR) is 107 cm³/mol. The standard InChI is InChI=1S/C16H26N2O6P2S/c1-5-21-25(19,22-6-2)11-13-9-10-14(16-15(13)17-27-18-16)12-26(20,23-7-3)24-8-4/h9-10H,5-8,11-12H2,1-4H3. The fourth-order valence-corrected chi connectivity index (χ4v) is 6.73. The van der Waals surface area contributed by atoms with Gasteiger partial charge in [0, 0.05) is 0 Å². The van der Waals surface area contributed by atoms with Crippen molar-refractivity contribution >= 4 is 38.0 Å². The molecular weight excluding hydrogens is 410 g/mol. The molecule has 1 aromatic heterocycles. The quantitative estimate of drug-likeness (QED) is 0.418. The molecule has 0 aliphatic heterocycles. The van der Waals surface area contributed by atoms with Gasteiger partial charge in [-0.05, 0) is 38.8 Å². The Bertz CT molecular complexity index is 757. The molecular formula is C16H26N2O6P2S. The molecule has 0 spiro atoms. The molecule has 0 saturated carbocycles. The van der Waals surface area contributed by atoms with Crippen molar-refractivity contribution in [2.75, 3.05) is 26.4 Å². The predicted octanol–water partition coefficient (Wildman–Crippen LogP) is 5.22. The van der Waals surface area contributed by atoms with E-state index >= 15 is 0 Å². The molecule has 1 aromatic carbocycles. The first kappa shape index (κ1) is 22.6. The van der Waals surface area contributed by atoms with Gasteiger partial charge in [-0.1, -0.05) is 12.1 Å². The van der Waals surface area contributed by atoms with Crippen molar-refractivity contribution in [1.82, 2.24) is 8.75 Å². The third kappa shape index (κ3) is 5.91. The molecule has 0 bridgehead atoms. The summed E-state index contributed by atoms with van der Waals surface area (Å²) in [5, 5.41) is 0. The van der Waals surface area contributed by atoms with Gasteiger partial charge in [-0.2, -0.15) is 8.75 Å². The van der Waals surface area contributed by atoms with Gasteiger partial charge in [0.1, 0.15) is 11.0 Å². The first-order valence-corrected chi connectivity index (χ1v) is 13.1. The molecule has 11 heteroatoms. The summed E-state index contributed by atoms with van der Waals surface area (Å²) in [4.78, 5) is 0.